The number of rotatable bonds is 4. The summed E-state index contributed by atoms with van der Waals surface area (Å²) in [7, 11) is -3.83. The first-order chi connectivity index (χ1) is 9.86. The quantitative estimate of drug-likeness (QED) is 0.782. The highest BCUT2D eigenvalue weighted by Crippen LogP contribution is 2.30. The van der Waals surface area contributed by atoms with Gasteiger partial charge in [-0.15, -0.1) is 0 Å². The fourth-order valence-corrected chi connectivity index (χ4v) is 4.69. The van der Waals surface area contributed by atoms with E-state index in [0.29, 0.717) is 12.8 Å². The van der Waals surface area contributed by atoms with Gasteiger partial charge in [-0.1, -0.05) is 23.2 Å². The van der Waals surface area contributed by atoms with Crippen LogP contribution in [-0.2, 0) is 19.6 Å². The van der Waals surface area contributed by atoms with E-state index in [9.17, 15) is 13.2 Å². The van der Waals surface area contributed by atoms with Gasteiger partial charge < -0.3 is 4.74 Å². The molecule has 0 unspecified atom stereocenters. The molecule has 1 fully saturated rings. The Morgan fingerprint density at radius 1 is 1.33 bits per heavy atom. The van der Waals surface area contributed by atoms with Gasteiger partial charge >= 0.3 is 5.97 Å². The molecule has 1 atom stereocenters. The van der Waals surface area contributed by atoms with E-state index in [1.165, 1.54) is 18.2 Å². The molecule has 1 heterocycles. The third-order valence-corrected chi connectivity index (χ3v) is 5.53. The van der Waals surface area contributed by atoms with Gasteiger partial charge in [-0.2, -0.15) is 4.31 Å². The summed E-state index contributed by atoms with van der Waals surface area (Å²) < 4.78 is 31.4. The third-order valence-electron chi connectivity index (χ3n) is 3.21. The maximum absolute atomic E-state index is 12.7. The fraction of sp³-hybridized carbons (Fsp3) is 0.462. The zero-order valence-corrected chi connectivity index (χ0v) is 13.7. The van der Waals surface area contributed by atoms with Crippen molar-refractivity contribution in [2.45, 2.75) is 30.7 Å². The number of hydrogen-bond donors (Lipinski definition) is 0. The van der Waals surface area contributed by atoms with Crippen molar-refractivity contribution in [3.05, 3.63) is 28.2 Å². The van der Waals surface area contributed by atoms with Crippen molar-refractivity contribution in [3.8, 4) is 0 Å². The molecule has 0 bridgehead atoms. The van der Waals surface area contributed by atoms with E-state index in [1.807, 2.05) is 0 Å². The van der Waals surface area contributed by atoms with Crippen LogP contribution in [0.1, 0.15) is 19.8 Å². The third kappa shape index (κ3) is 3.51. The summed E-state index contributed by atoms with van der Waals surface area (Å²) in [5.41, 5.74) is 0. The predicted molar refractivity (Wildman–Crippen MR) is 80.0 cm³/mol. The number of sulfonamides is 1. The highest BCUT2D eigenvalue weighted by Gasteiger charge is 2.40. The van der Waals surface area contributed by atoms with E-state index in [4.69, 9.17) is 27.9 Å². The van der Waals surface area contributed by atoms with Gasteiger partial charge in [0.15, 0.2) is 0 Å². The second-order valence-corrected chi connectivity index (χ2v) is 7.39. The lowest BCUT2D eigenvalue weighted by Crippen LogP contribution is -2.41. The highest BCUT2D eigenvalue weighted by atomic mass is 35.5. The molecule has 21 heavy (non-hydrogen) atoms. The van der Waals surface area contributed by atoms with Gasteiger partial charge in [0.25, 0.3) is 0 Å². The van der Waals surface area contributed by atoms with E-state index >= 15 is 0 Å². The van der Waals surface area contributed by atoms with Crippen molar-refractivity contribution in [2.75, 3.05) is 13.2 Å². The van der Waals surface area contributed by atoms with Crippen LogP contribution < -0.4 is 0 Å². The molecule has 1 saturated heterocycles. The van der Waals surface area contributed by atoms with Crippen molar-refractivity contribution in [1.29, 1.82) is 0 Å². The standard InChI is InChI=1S/C13H15Cl2NO4S/c1-2-20-13(17)12-4-3-5-16(12)21(18,19)11-7-9(14)6-10(15)8-11/h6-8,12H,2-5H2,1H3/t12-/m0/s1. The second kappa shape index (κ2) is 6.52. The van der Waals surface area contributed by atoms with E-state index in [-0.39, 0.29) is 28.1 Å². The van der Waals surface area contributed by atoms with Crippen LogP contribution in [0.2, 0.25) is 10.0 Å². The van der Waals surface area contributed by atoms with Crippen LogP contribution in [0.3, 0.4) is 0 Å². The van der Waals surface area contributed by atoms with Crippen LogP contribution in [0.4, 0.5) is 0 Å². The Kier molecular flexibility index (Phi) is 5.14. The van der Waals surface area contributed by atoms with E-state index in [1.54, 1.807) is 6.92 Å². The van der Waals surface area contributed by atoms with Crippen LogP contribution in [0.25, 0.3) is 0 Å². The van der Waals surface area contributed by atoms with E-state index in [0.717, 1.165) is 4.31 Å². The van der Waals surface area contributed by atoms with Crippen LogP contribution in [0, 0.1) is 0 Å². The first-order valence-electron chi connectivity index (χ1n) is 6.51. The highest BCUT2D eigenvalue weighted by molar-refractivity contribution is 7.89. The lowest BCUT2D eigenvalue weighted by molar-refractivity contribution is -0.146. The normalized spacial score (nSPS) is 19.7. The molecular weight excluding hydrogens is 337 g/mol. The Morgan fingerprint density at radius 3 is 2.52 bits per heavy atom. The number of hydrogen-bond acceptors (Lipinski definition) is 4. The summed E-state index contributed by atoms with van der Waals surface area (Å²) in [5, 5.41) is 0.459. The van der Waals surface area contributed by atoms with Crippen molar-refractivity contribution < 1.29 is 17.9 Å². The average Bonchev–Trinajstić information content (AvgIpc) is 2.87. The summed E-state index contributed by atoms with van der Waals surface area (Å²) in [5.74, 6) is -0.522. The average molecular weight is 352 g/mol. The number of benzene rings is 1. The summed E-state index contributed by atoms with van der Waals surface area (Å²) >= 11 is 11.7. The molecule has 0 aromatic heterocycles. The van der Waals surface area contributed by atoms with Gasteiger partial charge in [0.05, 0.1) is 11.5 Å². The minimum Gasteiger partial charge on any atom is -0.465 e. The molecule has 0 spiro atoms. The monoisotopic (exact) mass is 351 g/mol. The molecule has 5 nitrogen and oxygen atoms in total. The van der Waals surface area contributed by atoms with E-state index < -0.39 is 22.0 Å². The molecule has 1 aromatic rings. The van der Waals surface area contributed by atoms with Crippen LogP contribution in [0.5, 0.6) is 0 Å². The zero-order valence-electron chi connectivity index (χ0n) is 11.4. The first-order valence-corrected chi connectivity index (χ1v) is 8.70. The van der Waals surface area contributed by atoms with Gasteiger partial charge in [0.1, 0.15) is 6.04 Å². The number of carbonyl (C=O) groups is 1. The smallest absolute Gasteiger partial charge is 0.324 e. The molecule has 1 aliphatic rings. The SMILES string of the molecule is CCOC(=O)[C@@H]1CCCN1S(=O)(=O)c1cc(Cl)cc(Cl)c1. The molecular formula is C13H15Cl2NO4S. The van der Waals surface area contributed by atoms with Gasteiger partial charge in [-0.3, -0.25) is 4.79 Å². The Hall–Kier alpha value is -0.820. The predicted octanol–water partition coefficient (Wildman–Crippen LogP) is 2.71. The number of esters is 1. The summed E-state index contributed by atoms with van der Waals surface area (Å²) in [6.45, 7) is 2.17. The number of ether oxygens (including phenoxy) is 1. The maximum atomic E-state index is 12.7. The van der Waals surface area contributed by atoms with Gasteiger partial charge in [-0.05, 0) is 38.0 Å². The maximum Gasteiger partial charge on any atom is 0.324 e. The molecule has 1 aliphatic heterocycles. The lowest BCUT2D eigenvalue weighted by Gasteiger charge is -2.22. The molecule has 0 radical (unpaired) electrons. The summed E-state index contributed by atoms with van der Waals surface area (Å²) in [6.07, 6.45) is 1.06. The van der Waals surface area contributed by atoms with Crippen molar-refractivity contribution in [3.63, 3.8) is 0 Å². The van der Waals surface area contributed by atoms with Crippen molar-refractivity contribution in [2.24, 2.45) is 0 Å². The zero-order chi connectivity index (χ0) is 15.6. The molecule has 0 amide bonds. The van der Waals surface area contributed by atoms with Crippen LogP contribution in [-0.4, -0.2) is 37.9 Å². The summed E-state index contributed by atoms with van der Waals surface area (Å²) in [4.78, 5) is 11.9. The molecule has 116 valence electrons. The number of nitrogens with zero attached hydrogens (tertiary/aromatic N) is 1. The van der Waals surface area contributed by atoms with E-state index in [2.05, 4.69) is 0 Å². The molecule has 0 N–H and O–H groups in total. The van der Waals surface area contributed by atoms with Gasteiger partial charge in [0.2, 0.25) is 10.0 Å². The van der Waals surface area contributed by atoms with Gasteiger partial charge in [0, 0.05) is 16.6 Å². The van der Waals surface area contributed by atoms with Crippen molar-refractivity contribution in [1.82, 2.24) is 4.31 Å². The minimum absolute atomic E-state index is 0.0174. The molecule has 0 saturated carbocycles. The Bertz CT molecular complexity index is 627. The Morgan fingerprint density at radius 2 is 1.95 bits per heavy atom. The largest absolute Gasteiger partial charge is 0.465 e. The van der Waals surface area contributed by atoms with Crippen molar-refractivity contribution >= 4 is 39.2 Å². The second-order valence-electron chi connectivity index (χ2n) is 4.63. The fourth-order valence-electron chi connectivity index (χ4n) is 2.31. The number of halogens is 2. The van der Waals surface area contributed by atoms with Crippen LogP contribution in [0.15, 0.2) is 23.1 Å². The molecule has 8 heteroatoms. The Labute approximate surface area is 133 Å². The van der Waals surface area contributed by atoms with Gasteiger partial charge in [-0.25, -0.2) is 8.42 Å². The minimum atomic E-state index is -3.83. The number of carbonyl (C=O) groups excluding carboxylic acids is 1. The molecule has 0 aliphatic carbocycles. The summed E-state index contributed by atoms with van der Waals surface area (Å²) in [6, 6.07) is 3.31. The lowest BCUT2D eigenvalue weighted by atomic mass is 10.2. The van der Waals surface area contributed by atoms with Crippen LogP contribution >= 0.6 is 23.2 Å². The molecule has 2 rings (SSSR count). The molecule has 1 aromatic carbocycles. The first kappa shape index (κ1) is 16.5. The topological polar surface area (TPSA) is 63.7 Å². The Balaban J connectivity index is 2.36.